The maximum Gasteiger partial charge on any atom is 0.346 e. The summed E-state index contributed by atoms with van der Waals surface area (Å²) in [4.78, 5) is 10.1. The highest BCUT2D eigenvalue weighted by Crippen LogP contribution is 2.34. The largest absolute Gasteiger partial charge is 0.450 e. The maximum atomic E-state index is 13.5. The molecule has 4 nitrogen and oxygen atoms in total. The lowest BCUT2D eigenvalue weighted by molar-refractivity contribution is -0.388. The van der Waals surface area contributed by atoms with Crippen LogP contribution in [0.5, 0.6) is 11.5 Å². The summed E-state index contributed by atoms with van der Waals surface area (Å²) in [5.74, 6) is -0.593. The second-order valence-electron chi connectivity index (χ2n) is 5.72. The molecule has 2 rings (SSSR count). The Morgan fingerprint density at radius 3 is 2.24 bits per heavy atom. The van der Waals surface area contributed by atoms with E-state index in [9.17, 15) is 14.5 Å². The van der Waals surface area contributed by atoms with Crippen molar-refractivity contribution < 1.29 is 14.1 Å². The Bertz CT molecular complexity index is 660. The van der Waals surface area contributed by atoms with Crippen molar-refractivity contribution in [2.45, 2.75) is 26.2 Å². The summed E-state index contributed by atoms with van der Waals surface area (Å²) in [7, 11) is 0. The van der Waals surface area contributed by atoms with Crippen molar-refractivity contribution in [3.8, 4) is 11.5 Å². The summed E-state index contributed by atoms with van der Waals surface area (Å²) in [6.07, 6.45) is 0. The highest BCUT2D eigenvalue weighted by atomic mass is 19.1. The third-order valence-corrected chi connectivity index (χ3v) is 3.08. The van der Waals surface area contributed by atoms with Gasteiger partial charge in [0.1, 0.15) is 5.75 Å². The fourth-order valence-corrected chi connectivity index (χ4v) is 1.91. The number of hydrogen-bond donors (Lipinski definition) is 0. The Morgan fingerprint density at radius 1 is 1.10 bits per heavy atom. The quantitative estimate of drug-likeness (QED) is 0.601. The molecule has 0 aliphatic carbocycles. The summed E-state index contributed by atoms with van der Waals surface area (Å²) in [5.41, 5.74) is 0.463. The van der Waals surface area contributed by atoms with Crippen molar-refractivity contribution in [1.29, 1.82) is 0 Å². The smallest absolute Gasteiger partial charge is 0.346 e. The molecule has 0 aliphatic rings. The molecule has 0 radical (unpaired) electrons. The first kappa shape index (κ1) is 15.0. The second-order valence-corrected chi connectivity index (χ2v) is 5.72. The third kappa shape index (κ3) is 3.37. The minimum Gasteiger partial charge on any atom is -0.450 e. The summed E-state index contributed by atoms with van der Waals surface area (Å²) >= 11 is 0. The van der Waals surface area contributed by atoms with Gasteiger partial charge in [-0.05, 0) is 35.2 Å². The van der Waals surface area contributed by atoms with Crippen molar-refractivity contribution in [2.75, 3.05) is 0 Å². The Morgan fingerprint density at radius 2 is 1.71 bits per heavy atom. The van der Waals surface area contributed by atoms with E-state index in [4.69, 9.17) is 4.74 Å². The van der Waals surface area contributed by atoms with E-state index in [2.05, 4.69) is 20.8 Å². The van der Waals surface area contributed by atoms with Gasteiger partial charge in [0.05, 0.1) is 4.92 Å². The number of nitrogens with zero attached hydrogens (tertiary/aromatic N) is 1. The third-order valence-electron chi connectivity index (χ3n) is 3.08. The van der Waals surface area contributed by atoms with Gasteiger partial charge in [-0.25, -0.2) is 0 Å². The van der Waals surface area contributed by atoms with Gasteiger partial charge in [0.15, 0.2) is 0 Å². The van der Waals surface area contributed by atoms with Crippen LogP contribution in [0.4, 0.5) is 10.1 Å². The molecule has 110 valence electrons. The molecule has 0 saturated carbocycles. The standard InChI is InChI=1S/C16H16FNO3/c1-16(2,3)11-7-9-12(10-8-11)21-14-6-4-5-13(17)15(14)18(19)20/h4-10H,1-3H3. The molecule has 0 fully saturated rings. The van der Waals surface area contributed by atoms with Crippen LogP contribution in [0.25, 0.3) is 0 Å². The van der Waals surface area contributed by atoms with E-state index >= 15 is 0 Å². The molecule has 21 heavy (non-hydrogen) atoms. The SMILES string of the molecule is CC(C)(C)c1ccc(Oc2cccc(F)c2[N+](=O)[O-])cc1. The van der Waals surface area contributed by atoms with E-state index in [1.807, 2.05) is 12.1 Å². The zero-order valence-corrected chi connectivity index (χ0v) is 12.1. The zero-order valence-electron chi connectivity index (χ0n) is 12.1. The fourth-order valence-electron chi connectivity index (χ4n) is 1.91. The molecule has 2 aromatic carbocycles. The molecule has 2 aromatic rings. The first-order valence-electron chi connectivity index (χ1n) is 6.50. The van der Waals surface area contributed by atoms with Gasteiger partial charge >= 0.3 is 5.69 Å². The van der Waals surface area contributed by atoms with Crippen LogP contribution in [0.3, 0.4) is 0 Å². The van der Waals surface area contributed by atoms with E-state index < -0.39 is 16.4 Å². The van der Waals surface area contributed by atoms with Gasteiger partial charge in [-0.2, -0.15) is 4.39 Å². The van der Waals surface area contributed by atoms with Gasteiger partial charge < -0.3 is 4.74 Å². The summed E-state index contributed by atoms with van der Waals surface area (Å²) in [5, 5.41) is 10.9. The van der Waals surface area contributed by atoms with Crippen LogP contribution < -0.4 is 4.74 Å². The number of halogens is 1. The first-order chi connectivity index (χ1) is 9.79. The Labute approximate surface area is 122 Å². The van der Waals surface area contributed by atoms with Crippen LogP contribution in [-0.4, -0.2) is 4.92 Å². The number of rotatable bonds is 3. The lowest BCUT2D eigenvalue weighted by Crippen LogP contribution is -2.10. The van der Waals surface area contributed by atoms with Gasteiger partial charge in [-0.15, -0.1) is 0 Å². The van der Waals surface area contributed by atoms with Crippen molar-refractivity contribution in [3.63, 3.8) is 0 Å². The molecule has 0 N–H and O–H groups in total. The van der Waals surface area contributed by atoms with Crippen molar-refractivity contribution in [2.24, 2.45) is 0 Å². The number of benzene rings is 2. The van der Waals surface area contributed by atoms with E-state index in [1.54, 1.807) is 12.1 Å². The Balaban J connectivity index is 2.31. The predicted molar refractivity (Wildman–Crippen MR) is 78.3 cm³/mol. The summed E-state index contributed by atoms with van der Waals surface area (Å²) in [6.45, 7) is 6.25. The monoisotopic (exact) mass is 289 g/mol. The van der Waals surface area contributed by atoms with E-state index in [-0.39, 0.29) is 11.2 Å². The van der Waals surface area contributed by atoms with Crippen molar-refractivity contribution in [1.82, 2.24) is 0 Å². The Kier molecular flexibility index (Phi) is 3.93. The van der Waals surface area contributed by atoms with Crippen molar-refractivity contribution >= 4 is 5.69 Å². The zero-order chi connectivity index (χ0) is 15.6. The van der Waals surface area contributed by atoms with Crippen LogP contribution in [-0.2, 0) is 5.41 Å². The maximum absolute atomic E-state index is 13.5. The highest BCUT2D eigenvalue weighted by Gasteiger charge is 2.22. The molecule has 0 aliphatic heterocycles. The molecular weight excluding hydrogens is 273 g/mol. The molecule has 0 heterocycles. The molecule has 5 heteroatoms. The van der Waals surface area contributed by atoms with Gasteiger partial charge in [0.25, 0.3) is 0 Å². The van der Waals surface area contributed by atoms with Gasteiger partial charge in [0.2, 0.25) is 11.6 Å². The topological polar surface area (TPSA) is 52.4 Å². The first-order valence-corrected chi connectivity index (χ1v) is 6.50. The van der Waals surface area contributed by atoms with Gasteiger partial charge in [-0.1, -0.05) is 39.0 Å². The number of nitro benzene ring substituents is 1. The van der Waals surface area contributed by atoms with E-state index in [0.717, 1.165) is 11.6 Å². The van der Waals surface area contributed by atoms with Crippen LogP contribution in [0, 0.1) is 15.9 Å². The fraction of sp³-hybridized carbons (Fsp3) is 0.250. The predicted octanol–water partition coefficient (Wildman–Crippen LogP) is 4.82. The van der Waals surface area contributed by atoms with Gasteiger partial charge in [-0.3, -0.25) is 10.1 Å². The molecule has 0 amide bonds. The van der Waals surface area contributed by atoms with E-state index in [0.29, 0.717) is 5.75 Å². The molecule has 0 saturated heterocycles. The average molecular weight is 289 g/mol. The summed E-state index contributed by atoms with van der Waals surface area (Å²) in [6, 6.07) is 11.0. The van der Waals surface area contributed by atoms with Crippen LogP contribution in [0.15, 0.2) is 42.5 Å². The average Bonchev–Trinajstić information content (AvgIpc) is 2.38. The number of hydrogen-bond acceptors (Lipinski definition) is 3. The van der Waals surface area contributed by atoms with Crippen LogP contribution in [0.2, 0.25) is 0 Å². The lowest BCUT2D eigenvalue weighted by Gasteiger charge is -2.19. The molecule has 0 spiro atoms. The molecular formula is C16H16FNO3. The number of nitro groups is 1. The minimum absolute atomic E-state index is 0.00335. The molecule has 0 bridgehead atoms. The Hall–Kier alpha value is -2.43. The second kappa shape index (κ2) is 5.52. The molecule has 0 aromatic heterocycles. The molecule has 0 unspecified atom stereocenters. The van der Waals surface area contributed by atoms with E-state index in [1.165, 1.54) is 12.1 Å². The lowest BCUT2D eigenvalue weighted by atomic mass is 9.87. The minimum atomic E-state index is -0.913. The van der Waals surface area contributed by atoms with Crippen LogP contribution >= 0.6 is 0 Å². The number of ether oxygens (including phenoxy) is 1. The number of para-hydroxylation sites is 1. The highest BCUT2D eigenvalue weighted by molar-refractivity contribution is 5.49. The van der Waals surface area contributed by atoms with Crippen LogP contribution in [0.1, 0.15) is 26.3 Å². The van der Waals surface area contributed by atoms with Gasteiger partial charge in [0, 0.05) is 0 Å². The van der Waals surface area contributed by atoms with Crippen molar-refractivity contribution in [3.05, 3.63) is 64.0 Å². The molecule has 0 atom stereocenters. The normalized spacial score (nSPS) is 11.2. The summed E-state index contributed by atoms with van der Waals surface area (Å²) < 4.78 is 18.9.